The number of amides is 1. The van der Waals surface area contributed by atoms with Crippen molar-refractivity contribution < 1.29 is 14.6 Å². The fourth-order valence-corrected chi connectivity index (χ4v) is 1.76. The number of halogens is 1. The van der Waals surface area contributed by atoms with Gasteiger partial charge in [-0.15, -0.1) is 0 Å². The van der Waals surface area contributed by atoms with Gasteiger partial charge in [-0.1, -0.05) is 35.9 Å². The number of phenols is 1. The second-order valence-corrected chi connectivity index (χ2v) is 3.99. The van der Waals surface area contributed by atoms with E-state index in [4.69, 9.17) is 22.1 Å². The van der Waals surface area contributed by atoms with E-state index in [-0.39, 0.29) is 10.8 Å². The first-order chi connectivity index (χ1) is 8.58. The van der Waals surface area contributed by atoms with Gasteiger partial charge >= 0.3 is 6.09 Å². The summed E-state index contributed by atoms with van der Waals surface area (Å²) in [4.78, 5) is 10.8. The Balaban J connectivity index is 2.49. The Kier molecular flexibility index (Phi) is 3.39. The number of aromatic hydroxyl groups is 1. The molecule has 2 aromatic rings. The number of rotatable bonds is 2. The molecule has 92 valence electrons. The van der Waals surface area contributed by atoms with Crippen LogP contribution in [0.3, 0.4) is 0 Å². The van der Waals surface area contributed by atoms with E-state index in [9.17, 15) is 9.90 Å². The Morgan fingerprint density at radius 3 is 2.61 bits per heavy atom. The lowest BCUT2D eigenvalue weighted by Crippen LogP contribution is -2.16. The predicted octanol–water partition coefficient (Wildman–Crippen LogP) is 3.17. The summed E-state index contributed by atoms with van der Waals surface area (Å²) < 4.78 is 4.90. The van der Waals surface area contributed by atoms with Crippen LogP contribution >= 0.6 is 11.6 Å². The molecule has 0 unspecified atom stereocenters. The maximum atomic E-state index is 10.8. The van der Waals surface area contributed by atoms with E-state index in [1.807, 2.05) is 0 Å². The molecular formula is C13H10ClNO3. The zero-order valence-electron chi connectivity index (χ0n) is 9.26. The van der Waals surface area contributed by atoms with Crippen molar-refractivity contribution in [2.24, 2.45) is 5.73 Å². The fourth-order valence-electron chi connectivity index (χ4n) is 1.58. The van der Waals surface area contributed by atoms with Gasteiger partial charge in [0.1, 0.15) is 11.5 Å². The number of carbonyl (C=O) groups excluding carboxylic acids is 1. The van der Waals surface area contributed by atoms with E-state index in [2.05, 4.69) is 0 Å². The number of phenolic OH excluding ortho intramolecular Hbond substituents is 1. The lowest BCUT2D eigenvalue weighted by atomic mass is 10.0. The standard InChI is InChI=1S/C13H10ClNO3/c14-10-7-8(5-6-11(10)16)9-3-1-2-4-12(9)18-13(15)17/h1-7,16H,(H2,15,17). The van der Waals surface area contributed by atoms with Gasteiger partial charge in [-0.2, -0.15) is 0 Å². The van der Waals surface area contributed by atoms with E-state index in [1.54, 1.807) is 36.4 Å². The van der Waals surface area contributed by atoms with Gasteiger partial charge in [0.2, 0.25) is 0 Å². The van der Waals surface area contributed by atoms with E-state index in [1.165, 1.54) is 6.07 Å². The van der Waals surface area contributed by atoms with Gasteiger partial charge in [0, 0.05) is 5.56 Å². The molecule has 3 N–H and O–H groups in total. The minimum atomic E-state index is -0.882. The minimum Gasteiger partial charge on any atom is -0.506 e. The van der Waals surface area contributed by atoms with Crippen LogP contribution in [0, 0.1) is 0 Å². The van der Waals surface area contributed by atoms with Gasteiger partial charge in [-0.3, -0.25) is 0 Å². The van der Waals surface area contributed by atoms with Gasteiger partial charge in [-0.25, -0.2) is 4.79 Å². The number of primary amides is 1. The molecule has 0 fully saturated rings. The van der Waals surface area contributed by atoms with Crippen molar-refractivity contribution >= 4 is 17.7 Å². The molecule has 0 heterocycles. The monoisotopic (exact) mass is 263 g/mol. The molecule has 5 heteroatoms. The van der Waals surface area contributed by atoms with Crippen molar-refractivity contribution in [3.05, 3.63) is 47.5 Å². The fraction of sp³-hybridized carbons (Fsp3) is 0. The van der Waals surface area contributed by atoms with E-state index >= 15 is 0 Å². The van der Waals surface area contributed by atoms with Crippen LogP contribution in [0.1, 0.15) is 0 Å². The Hall–Kier alpha value is -2.20. The van der Waals surface area contributed by atoms with E-state index in [0.717, 1.165) is 5.56 Å². The maximum Gasteiger partial charge on any atom is 0.409 e. The quantitative estimate of drug-likeness (QED) is 0.874. The first kappa shape index (κ1) is 12.3. The summed E-state index contributed by atoms with van der Waals surface area (Å²) in [5, 5.41) is 9.59. The third-order valence-corrected chi connectivity index (χ3v) is 2.66. The molecule has 0 radical (unpaired) electrons. The summed E-state index contributed by atoms with van der Waals surface area (Å²) in [5.41, 5.74) is 6.38. The molecule has 0 aliphatic carbocycles. The summed E-state index contributed by atoms with van der Waals surface area (Å²) in [5.74, 6) is 0.334. The molecule has 0 saturated heterocycles. The number of hydrogen-bond donors (Lipinski definition) is 2. The molecule has 1 amide bonds. The largest absolute Gasteiger partial charge is 0.506 e. The molecule has 0 aliphatic heterocycles. The second-order valence-electron chi connectivity index (χ2n) is 3.58. The second kappa shape index (κ2) is 4.98. The number of benzene rings is 2. The highest BCUT2D eigenvalue weighted by atomic mass is 35.5. The smallest absolute Gasteiger partial charge is 0.409 e. The predicted molar refractivity (Wildman–Crippen MR) is 68.8 cm³/mol. The molecule has 0 spiro atoms. The summed E-state index contributed by atoms with van der Waals surface area (Å²) >= 11 is 5.84. The van der Waals surface area contributed by atoms with E-state index < -0.39 is 6.09 Å². The first-order valence-corrected chi connectivity index (χ1v) is 5.51. The summed E-state index contributed by atoms with van der Waals surface area (Å²) in [7, 11) is 0. The molecule has 0 atom stereocenters. The van der Waals surface area contributed by atoms with Crippen LogP contribution in [0.25, 0.3) is 11.1 Å². The lowest BCUT2D eigenvalue weighted by molar-refractivity contribution is 0.211. The first-order valence-electron chi connectivity index (χ1n) is 5.13. The van der Waals surface area contributed by atoms with Crippen molar-refractivity contribution in [3.8, 4) is 22.6 Å². The van der Waals surface area contributed by atoms with Crippen LogP contribution in [0.15, 0.2) is 42.5 Å². The van der Waals surface area contributed by atoms with Crippen LogP contribution in [0.5, 0.6) is 11.5 Å². The Morgan fingerprint density at radius 1 is 1.22 bits per heavy atom. The number of carbonyl (C=O) groups is 1. The summed E-state index contributed by atoms with van der Waals surface area (Å²) in [6, 6.07) is 11.6. The number of ether oxygens (including phenoxy) is 1. The highest BCUT2D eigenvalue weighted by Gasteiger charge is 2.09. The molecule has 2 rings (SSSR count). The van der Waals surface area contributed by atoms with E-state index in [0.29, 0.717) is 11.3 Å². The van der Waals surface area contributed by atoms with Crippen LogP contribution in [0.4, 0.5) is 4.79 Å². The molecule has 18 heavy (non-hydrogen) atoms. The molecule has 0 aromatic heterocycles. The molecule has 0 aliphatic rings. The Bertz CT molecular complexity index is 599. The number of nitrogens with two attached hydrogens (primary N) is 1. The highest BCUT2D eigenvalue weighted by molar-refractivity contribution is 6.32. The highest BCUT2D eigenvalue weighted by Crippen LogP contribution is 2.34. The Labute approximate surface area is 109 Å². The zero-order valence-corrected chi connectivity index (χ0v) is 10.0. The van der Waals surface area contributed by atoms with Gasteiger partial charge in [0.25, 0.3) is 0 Å². The van der Waals surface area contributed by atoms with Crippen molar-refractivity contribution in [2.75, 3.05) is 0 Å². The molecule has 2 aromatic carbocycles. The zero-order chi connectivity index (χ0) is 13.1. The molecule has 4 nitrogen and oxygen atoms in total. The number of para-hydroxylation sites is 1. The molecular weight excluding hydrogens is 254 g/mol. The van der Waals surface area contributed by atoms with Gasteiger partial charge < -0.3 is 15.6 Å². The van der Waals surface area contributed by atoms with Gasteiger partial charge in [0.05, 0.1) is 5.02 Å². The van der Waals surface area contributed by atoms with Crippen molar-refractivity contribution in [1.82, 2.24) is 0 Å². The van der Waals surface area contributed by atoms with Crippen molar-refractivity contribution in [1.29, 1.82) is 0 Å². The van der Waals surface area contributed by atoms with Crippen molar-refractivity contribution in [2.45, 2.75) is 0 Å². The third kappa shape index (κ3) is 2.55. The van der Waals surface area contributed by atoms with Crippen LogP contribution in [-0.4, -0.2) is 11.2 Å². The van der Waals surface area contributed by atoms with Gasteiger partial charge in [0.15, 0.2) is 0 Å². The van der Waals surface area contributed by atoms with Crippen LogP contribution < -0.4 is 10.5 Å². The summed E-state index contributed by atoms with van der Waals surface area (Å²) in [6.07, 6.45) is -0.882. The normalized spacial score (nSPS) is 10.1. The van der Waals surface area contributed by atoms with Crippen molar-refractivity contribution in [3.63, 3.8) is 0 Å². The Morgan fingerprint density at radius 2 is 1.94 bits per heavy atom. The lowest BCUT2D eigenvalue weighted by Gasteiger charge is -2.09. The summed E-state index contributed by atoms with van der Waals surface area (Å²) in [6.45, 7) is 0. The topological polar surface area (TPSA) is 72.6 Å². The SMILES string of the molecule is NC(=O)Oc1ccccc1-c1ccc(O)c(Cl)c1. The average molecular weight is 264 g/mol. The number of hydrogen-bond acceptors (Lipinski definition) is 3. The average Bonchev–Trinajstić information content (AvgIpc) is 2.33. The third-order valence-electron chi connectivity index (χ3n) is 2.36. The maximum absolute atomic E-state index is 10.8. The van der Waals surface area contributed by atoms with Crippen LogP contribution in [-0.2, 0) is 0 Å². The molecule has 0 saturated carbocycles. The van der Waals surface area contributed by atoms with Gasteiger partial charge in [-0.05, 0) is 23.8 Å². The molecule has 0 bridgehead atoms. The minimum absolute atomic E-state index is 0.00582. The van der Waals surface area contributed by atoms with Crippen LogP contribution in [0.2, 0.25) is 5.02 Å².